The van der Waals surface area contributed by atoms with Gasteiger partial charge in [0.25, 0.3) is 0 Å². The van der Waals surface area contributed by atoms with E-state index >= 15 is 0 Å². The average molecular weight is 276 g/mol. The van der Waals surface area contributed by atoms with Crippen LogP contribution in [-0.2, 0) is 13.5 Å². The van der Waals surface area contributed by atoms with Gasteiger partial charge in [-0.25, -0.2) is 0 Å². The second-order valence-electron chi connectivity index (χ2n) is 4.65. The summed E-state index contributed by atoms with van der Waals surface area (Å²) in [4.78, 5) is 1.35. The summed E-state index contributed by atoms with van der Waals surface area (Å²) in [5.74, 6) is 1.03. The van der Waals surface area contributed by atoms with Gasteiger partial charge < -0.3 is 5.32 Å². The summed E-state index contributed by atoms with van der Waals surface area (Å²) in [5, 5.41) is 11.5. The Morgan fingerprint density at radius 2 is 2.16 bits per heavy atom. The topological polar surface area (TPSA) is 42.7 Å². The highest BCUT2D eigenvalue weighted by Crippen LogP contribution is 2.22. The smallest absolute Gasteiger partial charge is 0.0842 e. The van der Waals surface area contributed by atoms with E-state index in [-0.39, 0.29) is 0 Å². The standard InChI is InChI=1S/C14H20N4S/c1-11-6-4-5-7-14(11)19-10-13(15-2)8-12-9-18(3)17-16-12/h4-7,9,13,15H,8,10H2,1-3H3. The highest BCUT2D eigenvalue weighted by atomic mass is 32.2. The molecule has 1 heterocycles. The van der Waals surface area contributed by atoms with E-state index < -0.39 is 0 Å². The number of benzene rings is 1. The van der Waals surface area contributed by atoms with Crippen LogP contribution >= 0.6 is 11.8 Å². The van der Waals surface area contributed by atoms with Gasteiger partial charge in [0.2, 0.25) is 0 Å². The minimum Gasteiger partial charge on any atom is -0.316 e. The maximum absolute atomic E-state index is 4.14. The van der Waals surface area contributed by atoms with Crippen molar-refractivity contribution in [1.82, 2.24) is 20.3 Å². The number of nitrogens with one attached hydrogen (secondary N) is 1. The first-order valence-corrected chi connectivity index (χ1v) is 7.38. The SMILES string of the molecule is CNC(CSc1ccccc1C)Cc1cn(C)nn1. The zero-order chi connectivity index (χ0) is 13.7. The Bertz CT molecular complexity index is 524. The monoisotopic (exact) mass is 276 g/mol. The van der Waals surface area contributed by atoms with Gasteiger partial charge in [-0.3, -0.25) is 4.68 Å². The number of aromatic nitrogens is 3. The maximum Gasteiger partial charge on any atom is 0.0842 e. The average Bonchev–Trinajstić information content (AvgIpc) is 2.81. The molecule has 4 nitrogen and oxygen atoms in total. The Kier molecular flexibility index (Phi) is 4.99. The van der Waals surface area contributed by atoms with Crippen molar-refractivity contribution >= 4 is 11.8 Å². The highest BCUT2D eigenvalue weighted by molar-refractivity contribution is 7.99. The molecule has 1 atom stereocenters. The molecule has 2 aromatic rings. The molecule has 0 amide bonds. The third-order valence-corrected chi connectivity index (χ3v) is 4.39. The number of aryl methyl sites for hydroxylation is 2. The fraction of sp³-hybridized carbons (Fsp3) is 0.429. The summed E-state index contributed by atoms with van der Waals surface area (Å²) in [7, 11) is 3.90. The Morgan fingerprint density at radius 3 is 2.79 bits per heavy atom. The molecule has 0 aliphatic rings. The van der Waals surface area contributed by atoms with Crippen LogP contribution < -0.4 is 5.32 Å². The molecule has 0 fully saturated rings. The number of thioether (sulfide) groups is 1. The van der Waals surface area contributed by atoms with Crippen LogP contribution in [0.2, 0.25) is 0 Å². The Morgan fingerprint density at radius 1 is 1.37 bits per heavy atom. The quantitative estimate of drug-likeness (QED) is 0.820. The molecule has 1 unspecified atom stereocenters. The molecule has 19 heavy (non-hydrogen) atoms. The lowest BCUT2D eigenvalue weighted by molar-refractivity contribution is 0.607. The Labute approximate surface area is 118 Å². The van der Waals surface area contributed by atoms with E-state index in [2.05, 4.69) is 46.8 Å². The first-order valence-electron chi connectivity index (χ1n) is 6.40. The van der Waals surface area contributed by atoms with Gasteiger partial charge in [-0.15, -0.1) is 16.9 Å². The molecule has 1 aromatic heterocycles. The lowest BCUT2D eigenvalue weighted by Crippen LogP contribution is -2.30. The summed E-state index contributed by atoms with van der Waals surface area (Å²) >= 11 is 1.89. The molecule has 0 saturated carbocycles. The van der Waals surface area contributed by atoms with E-state index in [1.165, 1.54) is 10.5 Å². The molecule has 0 aliphatic carbocycles. The summed E-state index contributed by atoms with van der Waals surface area (Å²) in [5.41, 5.74) is 2.37. The third-order valence-electron chi connectivity index (χ3n) is 3.05. The van der Waals surface area contributed by atoms with Gasteiger partial charge in [-0.2, -0.15) is 0 Å². The van der Waals surface area contributed by atoms with Gasteiger partial charge in [-0.05, 0) is 25.6 Å². The molecule has 0 aliphatic heterocycles. The van der Waals surface area contributed by atoms with Crippen molar-refractivity contribution in [1.29, 1.82) is 0 Å². The van der Waals surface area contributed by atoms with Gasteiger partial charge in [0, 0.05) is 36.4 Å². The van der Waals surface area contributed by atoms with Crippen molar-refractivity contribution in [2.75, 3.05) is 12.8 Å². The minimum absolute atomic E-state index is 0.404. The lowest BCUT2D eigenvalue weighted by Gasteiger charge is -2.15. The summed E-state index contributed by atoms with van der Waals surface area (Å²) in [6.45, 7) is 2.15. The predicted molar refractivity (Wildman–Crippen MR) is 79.5 cm³/mol. The van der Waals surface area contributed by atoms with Crippen LogP contribution in [0, 0.1) is 6.92 Å². The molecular weight excluding hydrogens is 256 g/mol. The molecule has 2 rings (SSSR count). The van der Waals surface area contributed by atoms with Crippen molar-refractivity contribution < 1.29 is 0 Å². The van der Waals surface area contributed by atoms with Crippen LogP contribution in [0.1, 0.15) is 11.3 Å². The van der Waals surface area contributed by atoms with Crippen molar-refractivity contribution in [2.45, 2.75) is 24.3 Å². The number of hydrogen-bond donors (Lipinski definition) is 1. The number of rotatable bonds is 6. The fourth-order valence-corrected chi connectivity index (χ4v) is 3.03. The summed E-state index contributed by atoms with van der Waals surface area (Å²) in [6, 6.07) is 8.90. The van der Waals surface area contributed by atoms with Gasteiger partial charge in [0.05, 0.1) is 5.69 Å². The molecule has 0 bridgehead atoms. The fourth-order valence-electron chi connectivity index (χ4n) is 1.89. The van der Waals surface area contributed by atoms with Crippen LogP contribution in [-0.4, -0.2) is 33.8 Å². The van der Waals surface area contributed by atoms with Gasteiger partial charge in [0.15, 0.2) is 0 Å². The first kappa shape index (κ1) is 14.1. The maximum atomic E-state index is 4.14. The molecule has 0 spiro atoms. The van der Waals surface area contributed by atoms with Crippen LogP contribution in [0.15, 0.2) is 35.4 Å². The molecule has 102 valence electrons. The van der Waals surface area contributed by atoms with E-state index in [4.69, 9.17) is 0 Å². The summed E-state index contributed by atoms with van der Waals surface area (Å²) < 4.78 is 1.75. The van der Waals surface area contributed by atoms with E-state index in [0.29, 0.717) is 6.04 Å². The van der Waals surface area contributed by atoms with E-state index in [1.54, 1.807) is 4.68 Å². The largest absolute Gasteiger partial charge is 0.316 e. The van der Waals surface area contributed by atoms with Crippen molar-refractivity contribution in [3.63, 3.8) is 0 Å². The van der Waals surface area contributed by atoms with Crippen LogP contribution in [0.5, 0.6) is 0 Å². The molecule has 0 radical (unpaired) electrons. The second-order valence-corrected chi connectivity index (χ2v) is 5.71. The summed E-state index contributed by atoms with van der Waals surface area (Å²) in [6.07, 6.45) is 2.88. The zero-order valence-corrected chi connectivity index (χ0v) is 12.4. The van der Waals surface area contributed by atoms with Gasteiger partial charge >= 0.3 is 0 Å². The van der Waals surface area contributed by atoms with Crippen molar-refractivity contribution in [3.05, 3.63) is 41.7 Å². The zero-order valence-electron chi connectivity index (χ0n) is 11.6. The predicted octanol–water partition coefficient (Wildman–Crippen LogP) is 2.05. The second kappa shape index (κ2) is 6.73. The highest BCUT2D eigenvalue weighted by Gasteiger charge is 2.11. The van der Waals surface area contributed by atoms with Crippen LogP contribution in [0.3, 0.4) is 0 Å². The van der Waals surface area contributed by atoms with E-state index in [9.17, 15) is 0 Å². The third kappa shape index (κ3) is 4.08. The molecule has 1 aromatic carbocycles. The van der Waals surface area contributed by atoms with Crippen molar-refractivity contribution in [2.24, 2.45) is 7.05 Å². The Balaban J connectivity index is 1.91. The number of likely N-dealkylation sites (N-methyl/N-ethyl adjacent to an activating group) is 1. The van der Waals surface area contributed by atoms with Crippen LogP contribution in [0.4, 0.5) is 0 Å². The normalized spacial score (nSPS) is 12.6. The van der Waals surface area contributed by atoms with E-state index in [1.807, 2.05) is 32.1 Å². The van der Waals surface area contributed by atoms with Crippen molar-refractivity contribution in [3.8, 4) is 0 Å². The van der Waals surface area contributed by atoms with Crippen LogP contribution in [0.25, 0.3) is 0 Å². The Hall–Kier alpha value is -1.33. The number of hydrogen-bond acceptors (Lipinski definition) is 4. The molecule has 5 heteroatoms. The molecule has 1 N–H and O–H groups in total. The van der Waals surface area contributed by atoms with Gasteiger partial charge in [0.1, 0.15) is 0 Å². The van der Waals surface area contributed by atoms with Gasteiger partial charge in [-0.1, -0.05) is 23.4 Å². The minimum atomic E-state index is 0.404. The molecular formula is C14H20N4S. The lowest BCUT2D eigenvalue weighted by atomic mass is 10.2. The van der Waals surface area contributed by atoms with E-state index in [0.717, 1.165) is 17.9 Å². The first-order chi connectivity index (χ1) is 9.19. The number of nitrogens with zero attached hydrogens (tertiary/aromatic N) is 3. The molecule has 0 saturated heterocycles.